The predicted octanol–water partition coefficient (Wildman–Crippen LogP) is 4.49. The van der Waals surface area contributed by atoms with Crippen molar-refractivity contribution in [3.05, 3.63) is 26.3 Å². The van der Waals surface area contributed by atoms with Crippen molar-refractivity contribution >= 4 is 45.8 Å². The SMILES string of the molecule is CC(C)(C)Cn1c(=S)[nH]c2cc(I)c(F)cc21. The van der Waals surface area contributed by atoms with E-state index in [4.69, 9.17) is 12.2 Å². The Labute approximate surface area is 118 Å². The lowest BCUT2D eigenvalue weighted by Gasteiger charge is -2.19. The minimum Gasteiger partial charge on any atom is -0.331 e. The van der Waals surface area contributed by atoms with E-state index in [1.165, 1.54) is 0 Å². The van der Waals surface area contributed by atoms with Gasteiger partial charge in [-0.2, -0.15) is 0 Å². The van der Waals surface area contributed by atoms with E-state index >= 15 is 0 Å². The Morgan fingerprint density at radius 2 is 2.06 bits per heavy atom. The number of halogens is 2. The number of fused-ring (bicyclic) bond motifs is 1. The van der Waals surface area contributed by atoms with Crippen LogP contribution in [0.3, 0.4) is 0 Å². The van der Waals surface area contributed by atoms with E-state index in [0.29, 0.717) is 8.34 Å². The van der Waals surface area contributed by atoms with Crippen molar-refractivity contribution in [1.82, 2.24) is 9.55 Å². The number of benzene rings is 1. The Morgan fingerprint density at radius 3 is 2.65 bits per heavy atom. The first-order valence-corrected chi connectivity index (χ1v) is 6.84. The van der Waals surface area contributed by atoms with Gasteiger partial charge in [0.05, 0.1) is 14.6 Å². The Morgan fingerprint density at radius 1 is 1.41 bits per heavy atom. The van der Waals surface area contributed by atoms with Crippen molar-refractivity contribution in [3.63, 3.8) is 0 Å². The molecule has 17 heavy (non-hydrogen) atoms. The summed E-state index contributed by atoms with van der Waals surface area (Å²) in [6.45, 7) is 7.18. The van der Waals surface area contributed by atoms with Gasteiger partial charge in [0.1, 0.15) is 5.82 Å². The summed E-state index contributed by atoms with van der Waals surface area (Å²) in [4.78, 5) is 3.12. The molecule has 0 aliphatic heterocycles. The molecule has 1 aromatic carbocycles. The lowest BCUT2D eigenvalue weighted by Crippen LogP contribution is -2.15. The van der Waals surface area contributed by atoms with E-state index in [1.54, 1.807) is 12.1 Å². The maximum atomic E-state index is 13.6. The molecular weight excluding hydrogens is 350 g/mol. The normalized spacial score (nSPS) is 12.3. The predicted molar refractivity (Wildman–Crippen MR) is 79.3 cm³/mol. The highest BCUT2D eigenvalue weighted by molar-refractivity contribution is 14.1. The van der Waals surface area contributed by atoms with E-state index in [9.17, 15) is 4.39 Å². The second-order valence-electron chi connectivity index (χ2n) is 5.36. The minimum atomic E-state index is -0.199. The summed E-state index contributed by atoms with van der Waals surface area (Å²) in [5.74, 6) is -0.199. The zero-order valence-electron chi connectivity index (χ0n) is 9.97. The average molecular weight is 364 g/mol. The zero-order valence-corrected chi connectivity index (χ0v) is 12.9. The molecule has 2 aromatic rings. The summed E-state index contributed by atoms with van der Waals surface area (Å²) in [6.07, 6.45) is 0. The molecule has 0 aliphatic carbocycles. The molecule has 0 amide bonds. The zero-order chi connectivity index (χ0) is 12.8. The highest BCUT2D eigenvalue weighted by atomic mass is 127. The summed E-state index contributed by atoms with van der Waals surface area (Å²) >= 11 is 7.27. The molecule has 0 atom stereocenters. The van der Waals surface area contributed by atoms with Crippen LogP contribution in [0.4, 0.5) is 4.39 Å². The van der Waals surface area contributed by atoms with E-state index in [-0.39, 0.29) is 11.2 Å². The number of H-pyrrole nitrogens is 1. The van der Waals surface area contributed by atoms with Gasteiger partial charge in [-0.05, 0) is 46.3 Å². The molecule has 1 N–H and O–H groups in total. The second kappa shape index (κ2) is 4.35. The molecular formula is C12H14FIN2S. The van der Waals surface area contributed by atoms with Crippen LogP contribution >= 0.6 is 34.8 Å². The molecule has 0 saturated carbocycles. The van der Waals surface area contributed by atoms with Crippen molar-refractivity contribution in [2.45, 2.75) is 27.3 Å². The maximum absolute atomic E-state index is 13.6. The number of aromatic nitrogens is 2. The van der Waals surface area contributed by atoms with Crippen molar-refractivity contribution in [1.29, 1.82) is 0 Å². The monoisotopic (exact) mass is 364 g/mol. The van der Waals surface area contributed by atoms with Gasteiger partial charge in [0.15, 0.2) is 4.77 Å². The fraction of sp³-hybridized carbons (Fsp3) is 0.417. The molecule has 2 nitrogen and oxygen atoms in total. The van der Waals surface area contributed by atoms with Crippen LogP contribution in [-0.4, -0.2) is 9.55 Å². The smallest absolute Gasteiger partial charge is 0.178 e. The third kappa shape index (κ3) is 2.70. The Kier molecular flexibility index (Phi) is 3.33. The van der Waals surface area contributed by atoms with Crippen LogP contribution in [0.1, 0.15) is 20.8 Å². The maximum Gasteiger partial charge on any atom is 0.178 e. The van der Waals surface area contributed by atoms with Crippen LogP contribution in [0.15, 0.2) is 12.1 Å². The van der Waals surface area contributed by atoms with Crippen LogP contribution in [0, 0.1) is 19.6 Å². The standard InChI is InChI=1S/C12H14FIN2S/c1-12(2,3)6-16-10-4-7(13)8(14)5-9(10)15-11(16)17/h4-5H,6H2,1-3H3,(H,15,17). The quantitative estimate of drug-likeness (QED) is 0.584. The fourth-order valence-electron chi connectivity index (χ4n) is 1.78. The molecule has 0 saturated heterocycles. The third-order valence-electron chi connectivity index (χ3n) is 2.45. The number of nitrogens with zero attached hydrogens (tertiary/aromatic N) is 1. The summed E-state index contributed by atoms with van der Waals surface area (Å²) in [5, 5.41) is 0. The average Bonchev–Trinajstić information content (AvgIpc) is 2.43. The first-order chi connectivity index (χ1) is 7.78. The number of aromatic amines is 1. The Hall–Kier alpha value is -0.430. The number of hydrogen-bond donors (Lipinski definition) is 1. The molecule has 1 heterocycles. The molecule has 0 fully saturated rings. The summed E-state index contributed by atoms with van der Waals surface area (Å²) in [7, 11) is 0. The Bertz CT molecular complexity index is 622. The number of rotatable bonds is 1. The first-order valence-electron chi connectivity index (χ1n) is 5.35. The molecule has 0 radical (unpaired) electrons. The van der Waals surface area contributed by atoms with Crippen LogP contribution in [0.2, 0.25) is 0 Å². The molecule has 1 aromatic heterocycles. The van der Waals surface area contributed by atoms with Crippen molar-refractivity contribution in [3.8, 4) is 0 Å². The second-order valence-corrected chi connectivity index (χ2v) is 6.91. The van der Waals surface area contributed by atoms with Gasteiger partial charge >= 0.3 is 0 Å². The van der Waals surface area contributed by atoms with E-state index < -0.39 is 0 Å². The van der Waals surface area contributed by atoms with Crippen LogP contribution in [0.25, 0.3) is 11.0 Å². The van der Waals surface area contributed by atoms with Gasteiger partial charge in [0.25, 0.3) is 0 Å². The van der Waals surface area contributed by atoms with Gasteiger partial charge in [-0.15, -0.1) is 0 Å². The molecule has 0 unspecified atom stereocenters. The van der Waals surface area contributed by atoms with Crippen molar-refractivity contribution < 1.29 is 4.39 Å². The van der Waals surface area contributed by atoms with Crippen molar-refractivity contribution in [2.24, 2.45) is 5.41 Å². The van der Waals surface area contributed by atoms with Gasteiger partial charge < -0.3 is 9.55 Å². The van der Waals surface area contributed by atoms with Gasteiger partial charge in [0, 0.05) is 12.6 Å². The highest BCUT2D eigenvalue weighted by Gasteiger charge is 2.15. The molecule has 0 aliphatic rings. The van der Waals surface area contributed by atoms with Crippen LogP contribution in [-0.2, 0) is 6.54 Å². The van der Waals surface area contributed by atoms with E-state index in [0.717, 1.165) is 17.6 Å². The van der Waals surface area contributed by atoms with Gasteiger partial charge in [-0.3, -0.25) is 0 Å². The first kappa shape index (κ1) is 13.0. The van der Waals surface area contributed by atoms with E-state index in [1.807, 2.05) is 27.2 Å². The molecule has 0 bridgehead atoms. The van der Waals surface area contributed by atoms with Gasteiger partial charge in [0.2, 0.25) is 0 Å². The lowest BCUT2D eigenvalue weighted by atomic mass is 9.97. The lowest BCUT2D eigenvalue weighted by molar-refractivity contribution is 0.346. The van der Waals surface area contributed by atoms with Crippen LogP contribution in [0.5, 0.6) is 0 Å². The minimum absolute atomic E-state index is 0.104. The molecule has 2 rings (SSSR count). The topological polar surface area (TPSA) is 20.7 Å². The number of hydrogen-bond acceptors (Lipinski definition) is 1. The summed E-state index contributed by atoms with van der Waals surface area (Å²) < 4.78 is 16.8. The van der Waals surface area contributed by atoms with Gasteiger partial charge in [-0.25, -0.2) is 4.39 Å². The van der Waals surface area contributed by atoms with Crippen LogP contribution < -0.4 is 0 Å². The summed E-state index contributed by atoms with van der Waals surface area (Å²) in [6, 6.07) is 3.34. The third-order valence-corrected chi connectivity index (χ3v) is 3.60. The van der Waals surface area contributed by atoms with Gasteiger partial charge in [-0.1, -0.05) is 20.8 Å². The fourth-order valence-corrected chi connectivity index (χ4v) is 2.52. The Balaban J connectivity index is 2.67. The number of imidazole rings is 1. The van der Waals surface area contributed by atoms with Crippen molar-refractivity contribution in [2.75, 3.05) is 0 Å². The highest BCUT2D eigenvalue weighted by Crippen LogP contribution is 2.24. The van der Waals surface area contributed by atoms with E-state index in [2.05, 4.69) is 25.8 Å². The summed E-state index contributed by atoms with van der Waals surface area (Å²) in [5.41, 5.74) is 1.83. The number of nitrogens with one attached hydrogen (secondary N) is 1. The largest absolute Gasteiger partial charge is 0.331 e. The molecule has 5 heteroatoms. The molecule has 92 valence electrons. The molecule has 0 spiro atoms.